The van der Waals surface area contributed by atoms with E-state index in [1.165, 1.54) is 22.7 Å². The summed E-state index contributed by atoms with van der Waals surface area (Å²) in [5, 5.41) is 14.7. The van der Waals surface area contributed by atoms with Gasteiger partial charge in [-0.15, -0.1) is 5.10 Å². The molecule has 1 aromatic carbocycles. The van der Waals surface area contributed by atoms with Crippen LogP contribution in [0.4, 0.5) is 0 Å². The smallest absolute Gasteiger partial charge is 0.0957 e. The molecule has 0 radical (unpaired) electrons. The highest BCUT2D eigenvalue weighted by molar-refractivity contribution is 7.05. The lowest BCUT2D eigenvalue weighted by atomic mass is 9.89. The van der Waals surface area contributed by atoms with Crippen LogP contribution in [0.25, 0.3) is 0 Å². The molecule has 1 N–H and O–H groups in total. The zero-order valence-electron chi connectivity index (χ0n) is 12.8. The molecule has 4 heteroatoms. The Morgan fingerprint density at radius 1 is 1.20 bits per heavy atom. The lowest BCUT2D eigenvalue weighted by Gasteiger charge is -2.19. The van der Waals surface area contributed by atoms with Crippen LogP contribution in [0.1, 0.15) is 54.1 Å². The summed E-state index contributed by atoms with van der Waals surface area (Å²) in [4.78, 5) is 0.885. The van der Waals surface area contributed by atoms with Crippen molar-refractivity contribution in [2.45, 2.75) is 52.6 Å². The second kappa shape index (κ2) is 5.62. The van der Waals surface area contributed by atoms with E-state index in [2.05, 4.69) is 62.4 Å². The SMILES string of the molecule is Cc1ccc(CC(O)c2snnc2C(C)(C)C)cc1C. The van der Waals surface area contributed by atoms with Crippen molar-refractivity contribution in [2.24, 2.45) is 0 Å². The Labute approximate surface area is 124 Å². The van der Waals surface area contributed by atoms with Crippen molar-refractivity contribution in [3.8, 4) is 0 Å². The number of hydrogen-bond acceptors (Lipinski definition) is 4. The highest BCUT2D eigenvalue weighted by Crippen LogP contribution is 2.32. The zero-order chi connectivity index (χ0) is 14.9. The van der Waals surface area contributed by atoms with Gasteiger partial charge in [-0.25, -0.2) is 0 Å². The predicted octanol–water partition coefficient (Wildman–Crippen LogP) is 3.73. The predicted molar refractivity (Wildman–Crippen MR) is 83.2 cm³/mol. The minimum absolute atomic E-state index is 0.0908. The Morgan fingerprint density at radius 2 is 1.90 bits per heavy atom. The molecule has 0 aliphatic carbocycles. The molecule has 1 unspecified atom stereocenters. The number of aryl methyl sites for hydroxylation is 2. The fourth-order valence-electron chi connectivity index (χ4n) is 2.18. The summed E-state index contributed by atoms with van der Waals surface area (Å²) in [6.45, 7) is 10.5. The Balaban J connectivity index is 2.22. The summed E-state index contributed by atoms with van der Waals surface area (Å²) in [5.41, 5.74) is 4.49. The lowest BCUT2D eigenvalue weighted by Crippen LogP contribution is -2.16. The van der Waals surface area contributed by atoms with Crippen LogP contribution in [0.3, 0.4) is 0 Å². The minimum Gasteiger partial charge on any atom is -0.387 e. The van der Waals surface area contributed by atoms with Gasteiger partial charge in [-0.05, 0) is 42.1 Å². The van der Waals surface area contributed by atoms with E-state index in [4.69, 9.17) is 0 Å². The van der Waals surface area contributed by atoms with E-state index in [9.17, 15) is 5.11 Å². The molecule has 1 atom stereocenters. The van der Waals surface area contributed by atoms with Gasteiger partial charge in [-0.2, -0.15) is 0 Å². The normalized spacial score (nSPS) is 13.5. The van der Waals surface area contributed by atoms with Crippen molar-refractivity contribution in [2.75, 3.05) is 0 Å². The first-order valence-corrected chi connectivity index (χ1v) is 7.63. The van der Waals surface area contributed by atoms with Gasteiger partial charge < -0.3 is 5.11 Å². The van der Waals surface area contributed by atoms with Crippen molar-refractivity contribution >= 4 is 11.5 Å². The third-order valence-electron chi connectivity index (χ3n) is 3.53. The fourth-order valence-corrected chi connectivity index (χ4v) is 3.03. The summed E-state index contributed by atoms with van der Waals surface area (Å²) in [6.07, 6.45) is 0.0694. The number of rotatable bonds is 3. The molecule has 3 nitrogen and oxygen atoms in total. The zero-order valence-corrected chi connectivity index (χ0v) is 13.6. The van der Waals surface area contributed by atoms with Crippen LogP contribution >= 0.6 is 11.5 Å². The van der Waals surface area contributed by atoms with Crippen LogP contribution in [-0.2, 0) is 11.8 Å². The molecule has 2 rings (SSSR count). The Morgan fingerprint density at radius 3 is 2.50 bits per heavy atom. The first kappa shape index (κ1) is 15.1. The van der Waals surface area contributed by atoms with Gasteiger partial charge in [0.1, 0.15) is 0 Å². The molecule has 0 saturated heterocycles. The van der Waals surface area contributed by atoms with Crippen molar-refractivity contribution in [3.63, 3.8) is 0 Å². The fraction of sp³-hybridized carbons (Fsp3) is 0.500. The first-order valence-electron chi connectivity index (χ1n) is 6.86. The summed E-state index contributed by atoms with van der Waals surface area (Å²) >= 11 is 1.30. The summed E-state index contributed by atoms with van der Waals surface area (Å²) in [6, 6.07) is 6.33. The van der Waals surface area contributed by atoms with Gasteiger partial charge in [-0.1, -0.05) is 43.5 Å². The second-order valence-corrected chi connectivity index (χ2v) is 7.16. The molecule has 0 bridgehead atoms. The largest absolute Gasteiger partial charge is 0.387 e. The third kappa shape index (κ3) is 3.25. The van der Waals surface area contributed by atoms with E-state index in [1.54, 1.807) is 0 Å². The van der Waals surface area contributed by atoms with Gasteiger partial charge in [0, 0.05) is 11.8 Å². The molecule has 20 heavy (non-hydrogen) atoms. The van der Waals surface area contributed by atoms with Gasteiger partial charge in [0.2, 0.25) is 0 Å². The van der Waals surface area contributed by atoms with Gasteiger partial charge in [0.15, 0.2) is 0 Å². The number of benzene rings is 1. The minimum atomic E-state index is -0.536. The van der Waals surface area contributed by atoms with E-state index in [0.29, 0.717) is 6.42 Å². The third-order valence-corrected chi connectivity index (χ3v) is 4.35. The molecular formula is C16H22N2OS. The average Bonchev–Trinajstić information content (AvgIpc) is 2.83. The van der Waals surface area contributed by atoms with Crippen LogP contribution in [0, 0.1) is 13.8 Å². The van der Waals surface area contributed by atoms with Gasteiger partial charge in [0.05, 0.1) is 16.7 Å². The highest BCUT2D eigenvalue weighted by Gasteiger charge is 2.26. The van der Waals surface area contributed by atoms with Crippen molar-refractivity contribution < 1.29 is 5.11 Å². The molecule has 0 aliphatic heterocycles. The Hall–Kier alpha value is -1.26. The van der Waals surface area contributed by atoms with Crippen molar-refractivity contribution in [3.05, 3.63) is 45.5 Å². The highest BCUT2D eigenvalue weighted by atomic mass is 32.1. The molecule has 1 heterocycles. The maximum atomic E-state index is 10.5. The van der Waals surface area contributed by atoms with Crippen LogP contribution in [0.2, 0.25) is 0 Å². The summed E-state index contributed by atoms with van der Waals surface area (Å²) in [5.74, 6) is 0. The molecule has 0 amide bonds. The van der Waals surface area contributed by atoms with Gasteiger partial charge in [-0.3, -0.25) is 0 Å². The first-order chi connectivity index (χ1) is 9.29. The number of aromatic nitrogens is 2. The maximum Gasteiger partial charge on any atom is 0.0957 e. The quantitative estimate of drug-likeness (QED) is 0.937. The summed E-state index contributed by atoms with van der Waals surface area (Å²) < 4.78 is 4.01. The number of aliphatic hydroxyl groups excluding tert-OH is 1. The molecule has 2 aromatic rings. The molecule has 0 aliphatic rings. The number of aliphatic hydroxyl groups is 1. The van der Waals surface area contributed by atoms with E-state index in [1.807, 2.05) is 0 Å². The molecule has 0 saturated carbocycles. The maximum absolute atomic E-state index is 10.5. The van der Waals surface area contributed by atoms with Crippen molar-refractivity contribution in [1.29, 1.82) is 0 Å². The molecular weight excluding hydrogens is 268 g/mol. The molecule has 108 valence electrons. The van der Waals surface area contributed by atoms with Crippen LogP contribution in [0.15, 0.2) is 18.2 Å². The Kier molecular flexibility index (Phi) is 4.25. The topological polar surface area (TPSA) is 46.0 Å². The average molecular weight is 290 g/mol. The Bertz CT molecular complexity index is 599. The van der Waals surface area contributed by atoms with Crippen LogP contribution < -0.4 is 0 Å². The molecule has 0 fully saturated rings. The van der Waals surface area contributed by atoms with Gasteiger partial charge in [0.25, 0.3) is 0 Å². The van der Waals surface area contributed by atoms with Crippen LogP contribution in [0.5, 0.6) is 0 Å². The lowest BCUT2D eigenvalue weighted by molar-refractivity contribution is 0.179. The van der Waals surface area contributed by atoms with E-state index < -0.39 is 6.10 Å². The number of nitrogens with zero attached hydrogens (tertiary/aromatic N) is 2. The molecule has 1 aromatic heterocycles. The monoisotopic (exact) mass is 290 g/mol. The second-order valence-electron chi connectivity index (χ2n) is 6.37. The van der Waals surface area contributed by atoms with Crippen LogP contribution in [-0.4, -0.2) is 14.7 Å². The van der Waals surface area contributed by atoms with Gasteiger partial charge >= 0.3 is 0 Å². The van der Waals surface area contributed by atoms with Crippen molar-refractivity contribution in [1.82, 2.24) is 9.59 Å². The van der Waals surface area contributed by atoms with E-state index >= 15 is 0 Å². The van der Waals surface area contributed by atoms with E-state index in [0.717, 1.165) is 16.1 Å². The molecule has 0 spiro atoms. The summed E-state index contributed by atoms with van der Waals surface area (Å²) in [7, 11) is 0. The standard InChI is InChI=1S/C16H22N2OS/c1-10-6-7-12(8-11(10)2)9-13(19)14-15(16(3,4)5)17-18-20-14/h6-8,13,19H,9H2,1-5H3. The number of hydrogen-bond donors (Lipinski definition) is 1. The van der Waals surface area contributed by atoms with E-state index in [-0.39, 0.29) is 5.41 Å².